The van der Waals surface area contributed by atoms with Gasteiger partial charge in [0.15, 0.2) is 0 Å². The van der Waals surface area contributed by atoms with E-state index < -0.39 is 6.03 Å². The molecule has 1 aliphatic rings. The van der Waals surface area contributed by atoms with Crippen LogP contribution in [0.1, 0.15) is 15.9 Å². The lowest BCUT2D eigenvalue weighted by Gasteiger charge is -2.03. The Balaban J connectivity index is 1.65. The van der Waals surface area contributed by atoms with Crippen molar-refractivity contribution < 1.29 is 9.59 Å². The second-order valence-corrected chi connectivity index (χ2v) is 4.65. The predicted octanol–water partition coefficient (Wildman–Crippen LogP) is 2.60. The molecule has 2 aromatic carbocycles. The fourth-order valence-electron chi connectivity index (χ4n) is 2.20. The van der Waals surface area contributed by atoms with Crippen LogP contribution >= 0.6 is 0 Å². The molecule has 0 bridgehead atoms. The predicted molar refractivity (Wildman–Crippen MR) is 80.5 cm³/mol. The van der Waals surface area contributed by atoms with Gasteiger partial charge in [-0.25, -0.2) is 10.2 Å². The highest BCUT2D eigenvalue weighted by molar-refractivity contribution is 6.49. The van der Waals surface area contributed by atoms with E-state index in [0.29, 0.717) is 23.4 Å². The minimum absolute atomic E-state index is 0.134. The van der Waals surface area contributed by atoms with E-state index in [1.54, 1.807) is 18.2 Å². The van der Waals surface area contributed by atoms with Crippen LogP contribution < -0.4 is 10.7 Å². The summed E-state index contributed by atoms with van der Waals surface area (Å²) >= 11 is 0. The lowest BCUT2D eigenvalue weighted by atomic mass is 10.1. The maximum Gasteiger partial charge on any atom is 0.339 e. The van der Waals surface area contributed by atoms with Crippen LogP contribution in [0.3, 0.4) is 0 Å². The zero-order valence-corrected chi connectivity index (χ0v) is 11.2. The third-order valence-corrected chi connectivity index (χ3v) is 3.21. The first-order valence-corrected chi connectivity index (χ1v) is 6.55. The van der Waals surface area contributed by atoms with E-state index in [4.69, 9.17) is 0 Å². The van der Waals surface area contributed by atoms with Crippen molar-refractivity contribution >= 4 is 23.2 Å². The Kier molecular flexibility index (Phi) is 3.47. The molecular weight excluding hydrogens is 266 g/mol. The number of carbonyl (C=O) groups excluding carboxylic acids is 2. The normalized spacial score (nSPS) is 14.9. The maximum absolute atomic E-state index is 12.1. The molecule has 0 atom stereocenters. The molecule has 3 rings (SSSR count). The topological polar surface area (TPSA) is 70.6 Å². The number of benzene rings is 2. The van der Waals surface area contributed by atoms with Gasteiger partial charge in [-0.2, -0.15) is 5.10 Å². The second kappa shape index (κ2) is 5.58. The van der Waals surface area contributed by atoms with Gasteiger partial charge in [0.25, 0.3) is 0 Å². The van der Waals surface area contributed by atoms with E-state index in [-0.39, 0.29) is 5.78 Å². The quantitative estimate of drug-likeness (QED) is 0.829. The average Bonchev–Trinajstić information content (AvgIpc) is 2.83. The molecule has 2 amide bonds. The van der Waals surface area contributed by atoms with Crippen LogP contribution in [0, 0.1) is 0 Å². The highest BCUT2D eigenvalue weighted by atomic mass is 16.2. The molecule has 0 saturated heterocycles. The molecule has 2 N–H and O–H groups in total. The van der Waals surface area contributed by atoms with E-state index in [9.17, 15) is 9.59 Å². The SMILES string of the molecule is O=C(NN=C1Cc2ccccc2C1=O)Nc1ccccc1. The summed E-state index contributed by atoms with van der Waals surface area (Å²) in [5.74, 6) is -0.134. The summed E-state index contributed by atoms with van der Waals surface area (Å²) in [5.41, 5.74) is 4.96. The van der Waals surface area contributed by atoms with E-state index in [0.717, 1.165) is 5.56 Å². The number of carbonyl (C=O) groups is 2. The van der Waals surface area contributed by atoms with Crippen LogP contribution in [0.5, 0.6) is 0 Å². The first kappa shape index (κ1) is 13.1. The Bertz CT molecular complexity index is 723. The van der Waals surface area contributed by atoms with Crippen molar-refractivity contribution in [2.45, 2.75) is 6.42 Å². The number of hydrazone groups is 1. The molecule has 0 aromatic heterocycles. The number of rotatable bonds is 2. The minimum Gasteiger partial charge on any atom is -0.307 e. The van der Waals surface area contributed by atoms with Gasteiger partial charge in [0.1, 0.15) is 5.71 Å². The summed E-state index contributed by atoms with van der Waals surface area (Å²) in [5, 5.41) is 6.55. The third kappa shape index (κ3) is 2.81. The molecule has 5 nitrogen and oxygen atoms in total. The molecule has 5 heteroatoms. The van der Waals surface area contributed by atoms with Gasteiger partial charge in [-0.1, -0.05) is 42.5 Å². The minimum atomic E-state index is -0.475. The summed E-state index contributed by atoms with van der Waals surface area (Å²) in [6.45, 7) is 0. The zero-order valence-electron chi connectivity index (χ0n) is 11.2. The molecule has 0 spiro atoms. The molecular formula is C16H13N3O2. The van der Waals surface area contributed by atoms with Crippen molar-refractivity contribution in [2.75, 3.05) is 5.32 Å². The summed E-state index contributed by atoms with van der Waals surface area (Å²) in [6.07, 6.45) is 0.445. The van der Waals surface area contributed by atoms with Crippen molar-refractivity contribution in [1.29, 1.82) is 0 Å². The summed E-state index contributed by atoms with van der Waals surface area (Å²) in [6, 6.07) is 15.9. The molecule has 0 unspecified atom stereocenters. The van der Waals surface area contributed by atoms with Gasteiger partial charge in [0.05, 0.1) is 0 Å². The fourth-order valence-corrected chi connectivity index (χ4v) is 2.20. The largest absolute Gasteiger partial charge is 0.339 e. The number of hydrogen-bond acceptors (Lipinski definition) is 3. The lowest BCUT2D eigenvalue weighted by Crippen LogP contribution is -2.26. The number of urea groups is 1. The Hall–Kier alpha value is -2.95. The first-order chi connectivity index (χ1) is 10.2. The second-order valence-electron chi connectivity index (χ2n) is 4.65. The third-order valence-electron chi connectivity index (χ3n) is 3.21. The summed E-state index contributed by atoms with van der Waals surface area (Å²) < 4.78 is 0. The number of ketones is 1. The number of amides is 2. The van der Waals surface area contributed by atoms with E-state index in [1.807, 2.05) is 36.4 Å². The van der Waals surface area contributed by atoms with E-state index in [2.05, 4.69) is 15.8 Å². The van der Waals surface area contributed by atoms with Crippen molar-refractivity contribution in [3.05, 3.63) is 65.7 Å². The number of Topliss-reactive ketones (excluding diaryl/α,β-unsaturated/α-hetero) is 1. The Labute approximate surface area is 121 Å². The highest BCUT2D eigenvalue weighted by Crippen LogP contribution is 2.19. The molecule has 21 heavy (non-hydrogen) atoms. The number of nitrogens with one attached hydrogen (secondary N) is 2. The van der Waals surface area contributed by atoms with E-state index >= 15 is 0 Å². The molecule has 2 aromatic rings. The van der Waals surface area contributed by atoms with Gasteiger partial charge in [-0.15, -0.1) is 0 Å². The van der Waals surface area contributed by atoms with Gasteiger partial charge in [0, 0.05) is 17.7 Å². The van der Waals surface area contributed by atoms with Crippen LogP contribution in [0.15, 0.2) is 59.7 Å². The molecule has 0 saturated carbocycles. The molecule has 0 aliphatic heterocycles. The van der Waals surface area contributed by atoms with E-state index in [1.165, 1.54) is 0 Å². The first-order valence-electron chi connectivity index (χ1n) is 6.55. The smallest absolute Gasteiger partial charge is 0.307 e. The van der Waals surface area contributed by atoms with Gasteiger partial charge in [-0.3, -0.25) is 4.79 Å². The summed E-state index contributed by atoms with van der Waals surface area (Å²) in [7, 11) is 0. The Morgan fingerprint density at radius 1 is 1.00 bits per heavy atom. The van der Waals surface area contributed by atoms with Crippen molar-refractivity contribution in [3.63, 3.8) is 0 Å². The van der Waals surface area contributed by atoms with Crippen LogP contribution in [0.2, 0.25) is 0 Å². The number of nitrogens with zero attached hydrogens (tertiary/aromatic N) is 1. The van der Waals surface area contributed by atoms with Gasteiger partial charge >= 0.3 is 6.03 Å². The van der Waals surface area contributed by atoms with Crippen LogP contribution in [-0.4, -0.2) is 17.5 Å². The molecule has 1 aliphatic carbocycles. The lowest BCUT2D eigenvalue weighted by molar-refractivity contribution is 0.106. The molecule has 104 valence electrons. The van der Waals surface area contributed by atoms with Crippen LogP contribution in [0.25, 0.3) is 0 Å². The molecule has 0 fully saturated rings. The Morgan fingerprint density at radius 3 is 2.48 bits per heavy atom. The molecule has 0 radical (unpaired) electrons. The standard InChI is InChI=1S/C16H13N3O2/c20-15-13-9-5-4-6-11(13)10-14(15)18-19-16(21)17-12-7-2-1-3-8-12/h1-9H,10H2,(H2,17,19,21). The fraction of sp³-hybridized carbons (Fsp3) is 0.0625. The number of anilines is 1. The Morgan fingerprint density at radius 2 is 1.71 bits per heavy atom. The highest BCUT2D eigenvalue weighted by Gasteiger charge is 2.25. The number of para-hydroxylation sites is 1. The van der Waals surface area contributed by atoms with Crippen molar-refractivity contribution in [1.82, 2.24) is 5.43 Å². The summed E-state index contributed by atoms with van der Waals surface area (Å²) in [4.78, 5) is 23.8. The monoisotopic (exact) mass is 279 g/mol. The number of fused-ring (bicyclic) bond motifs is 1. The molecule has 0 heterocycles. The maximum atomic E-state index is 12.1. The number of hydrogen-bond donors (Lipinski definition) is 2. The van der Waals surface area contributed by atoms with Gasteiger partial charge < -0.3 is 5.32 Å². The van der Waals surface area contributed by atoms with Crippen molar-refractivity contribution in [3.8, 4) is 0 Å². The van der Waals surface area contributed by atoms with Crippen LogP contribution in [0.4, 0.5) is 10.5 Å². The van der Waals surface area contributed by atoms with Gasteiger partial charge in [-0.05, 0) is 17.7 Å². The van der Waals surface area contributed by atoms with Gasteiger partial charge in [0.2, 0.25) is 5.78 Å². The van der Waals surface area contributed by atoms with Crippen LogP contribution in [-0.2, 0) is 6.42 Å². The average molecular weight is 279 g/mol. The van der Waals surface area contributed by atoms with Crippen molar-refractivity contribution in [2.24, 2.45) is 5.10 Å². The zero-order chi connectivity index (χ0) is 14.7.